The van der Waals surface area contributed by atoms with E-state index < -0.39 is 0 Å². The van der Waals surface area contributed by atoms with Crippen LogP contribution in [0.4, 0.5) is 16.3 Å². The summed E-state index contributed by atoms with van der Waals surface area (Å²) in [6.07, 6.45) is 1.78. The van der Waals surface area contributed by atoms with Gasteiger partial charge in [-0.05, 0) is 62.2 Å². The molecule has 41 heavy (non-hydrogen) atoms. The molecule has 9 heteroatoms. The maximum absolute atomic E-state index is 13.2. The topological polar surface area (TPSA) is 107 Å². The molecule has 0 bridgehead atoms. The summed E-state index contributed by atoms with van der Waals surface area (Å²) in [5, 5.41) is 10.7. The van der Waals surface area contributed by atoms with E-state index >= 15 is 0 Å². The molecule has 214 valence electrons. The van der Waals surface area contributed by atoms with Gasteiger partial charge >= 0.3 is 6.03 Å². The van der Waals surface area contributed by atoms with Crippen molar-refractivity contribution in [2.45, 2.75) is 53.4 Å². The van der Waals surface area contributed by atoms with Crippen LogP contribution in [0.1, 0.15) is 48.8 Å². The molecule has 0 fully saturated rings. The molecule has 0 saturated carbocycles. The lowest BCUT2D eigenvalue weighted by atomic mass is 9.92. The lowest BCUT2D eigenvalue weighted by molar-refractivity contribution is -0.122. The molecule has 0 aliphatic carbocycles. The van der Waals surface area contributed by atoms with Gasteiger partial charge in [-0.15, -0.1) is 0 Å². The number of amides is 2. The van der Waals surface area contributed by atoms with Crippen molar-refractivity contribution in [1.29, 1.82) is 0 Å². The third-order valence-electron chi connectivity index (χ3n) is 6.68. The molecule has 4 aromatic rings. The Balaban J connectivity index is 1.50. The highest BCUT2D eigenvalue weighted by Gasteiger charge is 2.22. The number of Topliss-reactive ketones (excluding diaryl/α,β-unsaturated/α-hetero) is 1. The van der Waals surface area contributed by atoms with Crippen molar-refractivity contribution in [3.8, 4) is 17.2 Å². The lowest BCUT2D eigenvalue weighted by Crippen LogP contribution is -2.22. The second kappa shape index (κ2) is 12.3. The van der Waals surface area contributed by atoms with Crippen LogP contribution in [-0.2, 0) is 21.4 Å². The summed E-state index contributed by atoms with van der Waals surface area (Å²) in [6, 6.07) is 16.6. The molecule has 2 aromatic heterocycles. The molecule has 0 aliphatic rings. The van der Waals surface area contributed by atoms with Crippen LogP contribution in [0, 0.1) is 20.8 Å². The Labute approximate surface area is 240 Å². The number of methoxy groups -OCH3 is 1. The van der Waals surface area contributed by atoms with E-state index in [1.54, 1.807) is 29.1 Å². The quantitative estimate of drug-likeness (QED) is 0.238. The highest BCUT2D eigenvalue weighted by Crippen LogP contribution is 2.32. The van der Waals surface area contributed by atoms with Gasteiger partial charge in [0.15, 0.2) is 5.78 Å². The number of benzene rings is 2. The number of carbonyl (C=O) groups excluding carboxylic acids is 2. The summed E-state index contributed by atoms with van der Waals surface area (Å²) in [5.74, 6) is 1.72. The molecule has 2 aromatic carbocycles. The van der Waals surface area contributed by atoms with Gasteiger partial charge in [0.05, 0.1) is 23.5 Å². The maximum Gasteiger partial charge on any atom is 0.324 e. The normalized spacial score (nSPS) is 11.3. The van der Waals surface area contributed by atoms with Crippen LogP contribution >= 0.6 is 0 Å². The fourth-order valence-electron chi connectivity index (χ4n) is 4.19. The van der Waals surface area contributed by atoms with E-state index in [9.17, 15) is 9.59 Å². The van der Waals surface area contributed by atoms with Crippen LogP contribution in [0.15, 0.2) is 60.8 Å². The number of ether oxygens (including phenoxy) is 2. The second-order valence-electron chi connectivity index (χ2n) is 11.1. The SMILES string of the molecule is COCC(=O)Cc1cc(Oc2ccc(NC(=O)Nc3cc(C(C)(C)C)nn3-c3ccc(C)cc3)c(C)c2C)ccn1. The minimum atomic E-state index is -0.380. The number of carbonyl (C=O) groups is 2. The molecule has 0 spiro atoms. The highest BCUT2D eigenvalue weighted by molar-refractivity contribution is 6.00. The molecule has 2 N–H and O–H groups in total. The molecule has 2 amide bonds. The third kappa shape index (κ3) is 7.37. The Bertz CT molecular complexity index is 1550. The van der Waals surface area contributed by atoms with Crippen LogP contribution < -0.4 is 15.4 Å². The fourth-order valence-corrected chi connectivity index (χ4v) is 4.19. The van der Waals surface area contributed by atoms with Gasteiger partial charge in [-0.3, -0.25) is 15.1 Å². The zero-order chi connectivity index (χ0) is 29.7. The smallest absolute Gasteiger partial charge is 0.324 e. The van der Waals surface area contributed by atoms with Crippen molar-refractivity contribution in [2.24, 2.45) is 0 Å². The van der Waals surface area contributed by atoms with E-state index in [1.807, 2.05) is 57.2 Å². The summed E-state index contributed by atoms with van der Waals surface area (Å²) in [6.45, 7) is 12.2. The highest BCUT2D eigenvalue weighted by atomic mass is 16.5. The van der Waals surface area contributed by atoms with E-state index in [-0.39, 0.29) is 30.3 Å². The number of ketones is 1. The summed E-state index contributed by atoms with van der Waals surface area (Å²) in [5.41, 5.74) is 5.67. The van der Waals surface area contributed by atoms with Crippen molar-refractivity contribution in [3.63, 3.8) is 0 Å². The third-order valence-corrected chi connectivity index (χ3v) is 6.68. The molecule has 0 aliphatic heterocycles. The number of hydrogen-bond acceptors (Lipinski definition) is 6. The van der Waals surface area contributed by atoms with Crippen LogP contribution in [0.25, 0.3) is 5.69 Å². The van der Waals surface area contributed by atoms with Crippen molar-refractivity contribution < 1.29 is 19.1 Å². The van der Waals surface area contributed by atoms with E-state index in [1.165, 1.54) is 7.11 Å². The Morgan fingerprint density at radius 3 is 2.34 bits per heavy atom. The number of nitrogens with zero attached hydrogens (tertiary/aromatic N) is 3. The van der Waals surface area contributed by atoms with Crippen LogP contribution in [0.5, 0.6) is 11.5 Å². The standard InChI is InChI=1S/C32H37N5O4/c1-20-8-10-24(11-9-20)37-30(18-29(36-37)32(4,5)6)35-31(39)34-27-12-13-28(22(3)21(27)2)41-26-14-15-33-23(17-26)16-25(38)19-40-7/h8-15,17-18H,16,19H2,1-7H3,(H2,34,35,39). The Hall–Kier alpha value is -4.50. The molecular weight excluding hydrogens is 518 g/mol. The number of urea groups is 1. The van der Waals surface area contributed by atoms with Gasteiger partial charge in [0.25, 0.3) is 0 Å². The van der Waals surface area contributed by atoms with Gasteiger partial charge in [-0.25, -0.2) is 9.48 Å². The summed E-state index contributed by atoms with van der Waals surface area (Å²) in [4.78, 5) is 29.3. The van der Waals surface area contributed by atoms with Gasteiger partial charge in [0, 0.05) is 36.5 Å². The fraction of sp³-hybridized carbons (Fsp3) is 0.312. The molecule has 4 rings (SSSR count). The maximum atomic E-state index is 13.2. The molecule has 0 radical (unpaired) electrons. The van der Waals surface area contributed by atoms with Gasteiger partial charge in [-0.1, -0.05) is 38.5 Å². The minimum absolute atomic E-state index is 0.0408. The van der Waals surface area contributed by atoms with Crippen LogP contribution in [-0.4, -0.2) is 40.3 Å². The van der Waals surface area contributed by atoms with E-state index in [0.29, 0.717) is 28.7 Å². The van der Waals surface area contributed by atoms with E-state index in [2.05, 4.69) is 36.4 Å². The van der Waals surface area contributed by atoms with Gasteiger partial charge in [0.2, 0.25) is 0 Å². The molecule has 9 nitrogen and oxygen atoms in total. The largest absolute Gasteiger partial charge is 0.457 e. The van der Waals surface area contributed by atoms with Crippen molar-refractivity contribution in [3.05, 3.63) is 88.9 Å². The first-order valence-corrected chi connectivity index (χ1v) is 13.4. The summed E-state index contributed by atoms with van der Waals surface area (Å²) < 4.78 is 12.8. The van der Waals surface area contributed by atoms with Crippen LogP contribution in [0.3, 0.4) is 0 Å². The molecular formula is C32H37N5O4. The lowest BCUT2D eigenvalue weighted by Gasteiger charge is -2.16. The first-order chi connectivity index (χ1) is 19.4. The molecule has 0 saturated heterocycles. The average Bonchev–Trinajstić information content (AvgIpc) is 3.33. The van der Waals surface area contributed by atoms with Crippen molar-refractivity contribution >= 4 is 23.3 Å². The zero-order valence-electron chi connectivity index (χ0n) is 24.7. The zero-order valence-corrected chi connectivity index (χ0v) is 24.7. The molecule has 0 unspecified atom stereocenters. The van der Waals surface area contributed by atoms with Crippen LogP contribution in [0.2, 0.25) is 0 Å². The average molecular weight is 556 g/mol. The van der Waals surface area contributed by atoms with Gasteiger partial charge < -0.3 is 14.8 Å². The predicted molar refractivity (Wildman–Crippen MR) is 160 cm³/mol. The first-order valence-electron chi connectivity index (χ1n) is 13.4. The number of pyridine rings is 1. The number of hydrogen-bond donors (Lipinski definition) is 2. The predicted octanol–water partition coefficient (Wildman–Crippen LogP) is 6.68. The van der Waals surface area contributed by atoms with E-state index in [4.69, 9.17) is 14.6 Å². The number of anilines is 2. The van der Waals surface area contributed by atoms with Crippen molar-refractivity contribution in [1.82, 2.24) is 14.8 Å². The molecule has 2 heterocycles. The Morgan fingerprint density at radius 1 is 0.927 bits per heavy atom. The second-order valence-corrected chi connectivity index (χ2v) is 11.1. The summed E-state index contributed by atoms with van der Waals surface area (Å²) >= 11 is 0. The van der Waals surface area contributed by atoms with Gasteiger partial charge in [-0.2, -0.15) is 5.10 Å². The molecule has 0 atom stereocenters. The number of aromatic nitrogens is 3. The Kier molecular flexibility index (Phi) is 8.88. The minimum Gasteiger partial charge on any atom is -0.457 e. The van der Waals surface area contributed by atoms with Gasteiger partial charge in [0.1, 0.15) is 23.9 Å². The first kappa shape index (κ1) is 29.5. The number of rotatable bonds is 9. The summed E-state index contributed by atoms with van der Waals surface area (Å²) in [7, 11) is 1.49. The monoisotopic (exact) mass is 555 g/mol. The number of nitrogens with one attached hydrogen (secondary N) is 2. The van der Waals surface area contributed by atoms with E-state index in [0.717, 1.165) is 28.1 Å². The Morgan fingerprint density at radius 2 is 1.66 bits per heavy atom. The number of aryl methyl sites for hydroxylation is 1. The van der Waals surface area contributed by atoms with Crippen molar-refractivity contribution in [2.75, 3.05) is 24.4 Å².